The first-order valence-corrected chi connectivity index (χ1v) is 7.79. The molecule has 124 valence electrons. The average Bonchev–Trinajstić information content (AvgIpc) is 2.37. The lowest BCUT2D eigenvalue weighted by molar-refractivity contribution is -0.274. The monoisotopic (exact) mass is 340 g/mol. The maximum Gasteiger partial charge on any atom is 0.573 e. The molecule has 22 heavy (non-hydrogen) atoms. The van der Waals surface area contributed by atoms with Gasteiger partial charge in [-0.05, 0) is 30.7 Å². The van der Waals surface area contributed by atoms with Crippen LogP contribution in [0.2, 0.25) is 0 Å². The summed E-state index contributed by atoms with van der Waals surface area (Å²) in [6.45, 7) is 2.22. The van der Waals surface area contributed by atoms with E-state index >= 15 is 0 Å². The number of benzene rings is 1. The maximum atomic E-state index is 12.0. The number of sulfonamides is 1. The lowest BCUT2D eigenvalue weighted by Gasteiger charge is -2.10. The summed E-state index contributed by atoms with van der Waals surface area (Å²) >= 11 is 0. The Morgan fingerprint density at radius 3 is 2.32 bits per heavy atom. The highest BCUT2D eigenvalue weighted by molar-refractivity contribution is 7.90. The number of amides is 2. The highest BCUT2D eigenvalue weighted by Gasteiger charge is 2.31. The van der Waals surface area contributed by atoms with Gasteiger partial charge in [-0.1, -0.05) is 13.3 Å². The molecule has 0 spiro atoms. The Balaban J connectivity index is 2.71. The molecule has 0 bridgehead atoms. The molecule has 0 aliphatic rings. The zero-order chi connectivity index (χ0) is 16.8. The number of alkyl halides is 3. The van der Waals surface area contributed by atoms with Crippen molar-refractivity contribution in [3.8, 4) is 5.75 Å². The van der Waals surface area contributed by atoms with Gasteiger partial charge in [-0.2, -0.15) is 0 Å². The predicted molar refractivity (Wildman–Crippen MR) is 71.8 cm³/mol. The fourth-order valence-electron chi connectivity index (χ4n) is 1.42. The zero-order valence-electron chi connectivity index (χ0n) is 11.6. The first-order valence-electron chi connectivity index (χ1n) is 6.30. The minimum absolute atomic E-state index is 0.316. The minimum atomic E-state index is -4.86. The van der Waals surface area contributed by atoms with E-state index in [2.05, 4.69) is 10.1 Å². The van der Waals surface area contributed by atoms with Gasteiger partial charge in [-0.15, -0.1) is 13.2 Å². The van der Waals surface area contributed by atoms with E-state index < -0.39 is 28.2 Å². The van der Waals surface area contributed by atoms with Crippen LogP contribution in [-0.4, -0.2) is 27.4 Å². The number of halogens is 3. The number of carbonyl (C=O) groups excluding carboxylic acids is 1. The van der Waals surface area contributed by atoms with Crippen molar-refractivity contribution in [1.82, 2.24) is 10.0 Å². The van der Waals surface area contributed by atoms with Gasteiger partial charge in [0.2, 0.25) is 0 Å². The number of hydrogen-bond donors (Lipinski definition) is 2. The summed E-state index contributed by atoms with van der Waals surface area (Å²) < 4.78 is 65.0. The summed E-state index contributed by atoms with van der Waals surface area (Å²) in [6.07, 6.45) is -3.34. The second kappa shape index (κ2) is 7.34. The normalized spacial score (nSPS) is 11.8. The van der Waals surface area contributed by atoms with Crippen LogP contribution in [0.4, 0.5) is 18.0 Å². The van der Waals surface area contributed by atoms with Crippen LogP contribution in [-0.2, 0) is 10.0 Å². The lowest BCUT2D eigenvalue weighted by Crippen LogP contribution is -2.39. The summed E-state index contributed by atoms with van der Waals surface area (Å²) in [4.78, 5) is 11.0. The highest BCUT2D eigenvalue weighted by Crippen LogP contribution is 2.23. The van der Waals surface area contributed by atoms with E-state index in [9.17, 15) is 26.4 Å². The van der Waals surface area contributed by atoms with Crippen molar-refractivity contribution < 1.29 is 31.1 Å². The molecule has 0 heterocycles. The molecule has 0 aliphatic carbocycles. The number of hydrogen-bond acceptors (Lipinski definition) is 4. The second-order valence-electron chi connectivity index (χ2n) is 4.23. The van der Waals surface area contributed by atoms with Crippen LogP contribution in [0.15, 0.2) is 29.2 Å². The lowest BCUT2D eigenvalue weighted by atomic mass is 10.3. The largest absolute Gasteiger partial charge is 0.573 e. The first kappa shape index (κ1) is 18.1. The second-order valence-corrected chi connectivity index (χ2v) is 5.92. The van der Waals surface area contributed by atoms with Crippen LogP contribution in [0.3, 0.4) is 0 Å². The average molecular weight is 340 g/mol. The number of carbonyl (C=O) groups is 1. The topological polar surface area (TPSA) is 84.5 Å². The van der Waals surface area contributed by atoms with Crippen LogP contribution in [0.5, 0.6) is 5.75 Å². The smallest absolute Gasteiger partial charge is 0.406 e. The Morgan fingerprint density at radius 2 is 1.82 bits per heavy atom. The molecule has 0 aromatic heterocycles. The van der Waals surface area contributed by atoms with E-state index in [0.29, 0.717) is 13.0 Å². The van der Waals surface area contributed by atoms with Gasteiger partial charge in [0.25, 0.3) is 10.0 Å². The van der Waals surface area contributed by atoms with Gasteiger partial charge in [0, 0.05) is 6.54 Å². The van der Waals surface area contributed by atoms with E-state index in [-0.39, 0.29) is 4.90 Å². The molecule has 0 atom stereocenters. The number of urea groups is 1. The molecule has 10 heteroatoms. The van der Waals surface area contributed by atoms with Gasteiger partial charge in [0.15, 0.2) is 0 Å². The fourth-order valence-corrected chi connectivity index (χ4v) is 2.34. The van der Waals surface area contributed by atoms with Crippen molar-refractivity contribution in [3.05, 3.63) is 24.3 Å². The third-order valence-corrected chi connectivity index (χ3v) is 3.76. The summed E-state index contributed by atoms with van der Waals surface area (Å²) in [7, 11) is -4.16. The van der Waals surface area contributed by atoms with Crippen LogP contribution in [0.1, 0.15) is 19.8 Å². The molecule has 1 aromatic rings. The van der Waals surface area contributed by atoms with E-state index in [1.165, 1.54) is 0 Å². The van der Waals surface area contributed by atoms with Crippen molar-refractivity contribution in [2.24, 2.45) is 0 Å². The van der Waals surface area contributed by atoms with E-state index in [1.807, 2.05) is 6.92 Å². The highest BCUT2D eigenvalue weighted by atomic mass is 32.2. The van der Waals surface area contributed by atoms with Gasteiger partial charge in [0.05, 0.1) is 4.90 Å². The number of nitrogens with one attached hydrogen (secondary N) is 2. The number of ether oxygens (including phenoxy) is 1. The Hall–Kier alpha value is -1.97. The molecule has 1 aromatic carbocycles. The Bertz CT molecular complexity index is 600. The zero-order valence-corrected chi connectivity index (χ0v) is 12.4. The van der Waals surface area contributed by atoms with Gasteiger partial charge < -0.3 is 10.1 Å². The molecule has 6 nitrogen and oxygen atoms in total. The molecular weight excluding hydrogens is 325 g/mol. The molecule has 1 rings (SSSR count). The Labute approximate surface area is 125 Å². The standard InChI is InChI=1S/C12H15F3N2O4S/c1-2-3-8-16-11(18)17-22(19,20)10-6-4-9(5-7-10)21-12(13,14)15/h4-7H,2-3,8H2,1H3,(H2,16,17,18). The van der Waals surface area contributed by atoms with Gasteiger partial charge >= 0.3 is 12.4 Å². The number of rotatable bonds is 6. The molecule has 0 saturated carbocycles. The van der Waals surface area contributed by atoms with Crippen molar-refractivity contribution >= 4 is 16.1 Å². The third kappa shape index (κ3) is 6.20. The molecule has 0 radical (unpaired) electrons. The fraction of sp³-hybridized carbons (Fsp3) is 0.417. The predicted octanol–water partition coefficient (Wildman–Crippen LogP) is 2.37. The summed E-state index contributed by atoms with van der Waals surface area (Å²) in [5.74, 6) is -0.557. The van der Waals surface area contributed by atoms with Crippen LogP contribution < -0.4 is 14.8 Å². The van der Waals surface area contributed by atoms with Crippen molar-refractivity contribution in [2.75, 3.05) is 6.54 Å². The quantitative estimate of drug-likeness (QED) is 0.779. The van der Waals surface area contributed by atoms with Crippen LogP contribution in [0.25, 0.3) is 0 Å². The molecule has 2 amide bonds. The van der Waals surface area contributed by atoms with Crippen molar-refractivity contribution in [2.45, 2.75) is 31.0 Å². The third-order valence-electron chi connectivity index (χ3n) is 2.41. The molecular formula is C12H15F3N2O4S. The molecule has 2 N–H and O–H groups in total. The van der Waals surface area contributed by atoms with Gasteiger partial charge in [-0.25, -0.2) is 17.9 Å². The van der Waals surface area contributed by atoms with Crippen molar-refractivity contribution in [3.63, 3.8) is 0 Å². The van der Waals surface area contributed by atoms with Crippen molar-refractivity contribution in [1.29, 1.82) is 0 Å². The molecule has 0 fully saturated rings. The van der Waals surface area contributed by atoms with Gasteiger partial charge in [0.1, 0.15) is 5.75 Å². The summed E-state index contributed by atoms with van der Waals surface area (Å²) in [6, 6.07) is 2.60. The molecule has 0 saturated heterocycles. The Morgan fingerprint density at radius 1 is 1.23 bits per heavy atom. The van der Waals surface area contributed by atoms with Crippen LogP contribution >= 0.6 is 0 Å². The summed E-state index contributed by atoms with van der Waals surface area (Å²) in [5, 5.41) is 2.35. The van der Waals surface area contributed by atoms with E-state index in [1.54, 1.807) is 4.72 Å². The number of unbranched alkanes of at least 4 members (excludes halogenated alkanes) is 1. The molecule has 0 aliphatic heterocycles. The maximum absolute atomic E-state index is 12.0. The first-order chi connectivity index (χ1) is 10.1. The van der Waals surface area contributed by atoms with E-state index in [4.69, 9.17) is 0 Å². The van der Waals surface area contributed by atoms with Gasteiger partial charge in [-0.3, -0.25) is 0 Å². The van der Waals surface area contributed by atoms with Crippen LogP contribution in [0, 0.1) is 0 Å². The SMILES string of the molecule is CCCCNC(=O)NS(=O)(=O)c1ccc(OC(F)(F)F)cc1. The minimum Gasteiger partial charge on any atom is -0.406 e. The summed E-state index contributed by atoms with van der Waals surface area (Å²) in [5.41, 5.74) is 0. The van der Waals surface area contributed by atoms with E-state index in [0.717, 1.165) is 30.7 Å². The Kier molecular flexibility index (Phi) is 6.03. The molecule has 0 unspecified atom stereocenters.